The van der Waals surface area contributed by atoms with Crippen LogP contribution in [0.4, 0.5) is 4.39 Å². The first-order valence-corrected chi connectivity index (χ1v) is 7.96. The highest BCUT2D eigenvalue weighted by atomic mass is 19.1. The molecule has 4 heteroatoms. The zero-order chi connectivity index (χ0) is 15.2. The molecular formula is C17H27FN2O. The highest BCUT2D eigenvalue weighted by Gasteiger charge is 2.23. The van der Waals surface area contributed by atoms with E-state index in [1.54, 1.807) is 0 Å². The van der Waals surface area contributed by atoms with E-state index >= 15 is 0 Å². The summed E-state index contributed by atoms with van der Waals surface area (Å²) in [5.74, 6) is 0.242. The van der Waals surface area contributed by atoms with Gasteiger partial charge in [-0.1, -0.05) is 26.0 Å². The van der Waals surface area contributed by atoms with Crippen molar-refractivity contribution in [1.82, 2.24) is 9.80 Å². The van der Waals surface area contributed by atoms with Crippen LogP contribution in [-0.4, -0.2) is 60.3 Å². The number of rotatable bonds is 6. The monoisotopic (exact) mass is 294 g/mol. The minimum atomic E-state index is -0.172. The van der Waals surface area contributed by atoms with Crippen LogP contribution >= 0.6 is 0 Å². The van der Waals surface area contributed by atoms with Crippen LogP contribution in [0.15, 0.2) is 24.3 Å². The number of hydrogen-bond donors (Lipinski definition) is 1. The Labute approximate surface area is 127 Å². The number of piperazine rings is 1. The summed E-state index contributed by atoms with van der Waals surface area (Å²) in [5, 5.41) is 9.37. The Morgan fingerprint density at radius 1 is 1.14 bits per heavy atom. The fourth-order valence-corrected chi connectivity index (χ4v) is 3.10. The lowest BCUT2D eigenvalue weighted by atomic mass is 10.00. The Bertz CT molecular complexity index is 411. The first-order valence-electron chi connectivity index (χ1n) is 7.96. The minimum Gasteiger partial charge on any atom is -0.395 e. The first-order chi connectivity index (χ1) is 10.1. The van der Waals surface area contributed by atoms with E-state index in [1.807, 2.05) is 12.1 Å². The molecule has 0 unspecified atom stereocenters. The molecule has 21 heavy (non-hydrogen) atoms. The molecule has 1 heterocycles. The van der Waals surface area contributed by atoms with Gasteiger partial charge in [0.15, 0.2) is 0 Å². The van der Waals surface area contributed by atoms with Crippen LogP contribution in [0, 0.1) is 5.82 Å². The Kier molecular flexibility index (Phi) is 6.15. The molecule has 1 aromatic carbocycles. The van der Waals surface area contributed by atoms with Crippen LogP contribution in [0.2, 0.25) is 0 Å². The topological polar surface area (TPSA) is 26.7 Å². The quantitative estimate of drug-likeness (QED) is 0.872. The van der Waals surface area contributed by atoms with Crippen molar-refractivity contribution in [3.8, 4) is 0 Å². The maximum Gasteiger partial charge on any atom is 0.123 e. The van der Waals surface area contributed by atoms with E-state index in [4.69, 9.17) is 0 Å². The Hall–Kier alpha value is -0.970. The van der Waals surface area contributed by atoms with Gasteiger partial charge in [-0.25, -0.2) is 4.39 Å². The lowest BCUT2D eigenvalue weighted by Gasteiger charge is -2.39. The molecule has 3 nitrogen and oxygen atoms in total. The normalized spacial score (nSPS) is 20.4. The average molecular weight is 294 g/mol. The molecule has 1 aliphatic rings. The molecule has 118 valence electrons. The van der Waals surface area contributed by atoms with Gasteiger partial charge in [-0.05, 0) is 30.0 Å². The van der Waals surface area contributed by atoms with Crippen LogP contribution in [0.25, 0.3) is 0 Å². The van der Waals surface area contributed by atoms with Crippen LogP contribution in [0.1, 0.15) is 31.7 Å². The van der Waals surface area contributed by atoms with E-state index in [2.05, 4.69) is 23.6 Å². The highest BCUT2D eigenvalue weighted by molar-refractivity contribution is 5.20. The third-order valence-electron chi connectivity index (χ3n) is 4.58. The molecule has 2 rings (SSSR count). The van der Waals surface area contributed by atoms with E-state index in [0.29, 0.717) is 12.0 Å². The molecule has 0 aliphatic carbocycles. The molecule has 1 N–H and O–H groups in total. The lowest BCUT2D eigenvalue weighted by molar-refractivity contribution is 0.0618. The number of hydrogen-bond acceptors (Lipinski definition) is 3. The van der Waals surface area contributed by atoms with Gasteiger partial charge < -0.3 is 10.0 Å². The van der Waals surface area contributed by atoms with E-state index < -0.39 is 0 Å². The third-order valence-corrected chi connectivity index (χ3v) is 4.58. The van der Waals surface area contributed by atoms with Gasteiger partial charge >= 0.3 is 0 Å². The minimum absolute atomic E-state index is 0.172. The Balaban J connectivity index is 1.81. The highest BCUT2D eigenvalue weighted by Crippen LogP contribution is 2.18. The zero-order valence-corrected chi connectivity index (χ0v) is 13.1. The molecule has 0 radical (unpaired) electrons. The van der Waals surface area contributed by atoms with Crippen molar-refractivity contribution in [2.75, 3.05) is 39.3 Å². The maximum absolute atomic E-state index is 13.0. The van der Waals surface area contributed by atoms with Gasteiger partial charge in [0.25, 0.3) is 0 Å². The number of nitrogens with zero attached hydrogens (tertiary/aromatic N) is 2. The van der Waals surface area contributed by atoms with Gasteiger partial charge in [-0.15, -0.1) is 0 Å². The summed E-state index contributed by atoms with van der Waals surface area (Å²) >= 11 is 0. The second-order valence-corrected chi connectivity index (χ2v) is 6.03. The van der Waals surface area contributed by atoms with Gasteiger partial charge in [-0.2, -0.15) is 0 Å². The van der Waals surface area contributed by atoms with Crippen molar-refractivity contribution in [2.45, 2.75) is 32.2 Å². The van der Waals surface area contributed by atoms with E-state index in [1.165, 1.54) is 17.7 Å². The summed E-state index contributed by atoms with van der Waals surface area (Å²) in [5.41, 5.74) is 1.20. The summed E-state index contributed by atoms with van der Waals surface area (Å²) in [6.45, 7) is 9.72. The van der Waals surface area contributed by atoms with Crippen LogP contribution in [-0.2, 0) is 0 Å². The van der Waals surface area contributed by atoms with Crippen LogP contribution in [0.5, 0.6) is 0 Å². The second-order valence-electron chi connectivity index (χ2n) is 6.03. The van der Waals surface area contributed by atoms with E-state index in [0.717, 1.165) is 39.1 Å². The maximum atomic E-state index is 13.0. The fraction of sp³-hybridized carbons (Fsp3) is 0.647. The predicted octanol–water partition coefficient (Wildman–Crippen LogP) is 2.32. The van der Waals surface area contributed by atoms with Crippen LogP contribution in [0.3, 0.4) is 0 Å². The van der Waals surface area contributed by atoms with Crippen molar-refractivity contribution in [3.05, 3.63) is 35.6 Å². The number of halogens is 1. The molecule has 1 aromatic rings. The second kappa shape index (κ2) is 7.87. The number of aliphatic hydroxyl groups excluding tert-OH is 1. The van der Waals surface area contributed by atoms with Gasteiger partial charge in [0.2, 0.25) is 0 Å². The predicted molar refractivity (Wildman–Crippen MR) is 84.0 cm³/mol. The zero-order valence-electron chi connectivity index (χ0n) is 13.1. The lowest BCUT2D eigenvalue weighted by Crippen LogP contribution is -2.51. The van der Waals surface area contributed by atoms with Gasteiger partial charge in [0, 0.05) is 38.8 Å². The standard InChI is InChI=1S/C17H27FN2O/c1-3-17(13-21)20-10-8-19(9-11-20)12-14(2)15-4-6-16(18)7-5-15/h4-7,14,17,21H,3,8-13H2,1-2H3/t14-,17-/m1/s1. The fourth-order valence-electron chi connectivity index (χ4n) is 3.10. The molecule has 0 amide bonds. The Morgan fingerprint density at radius 3 is 2.29 bits per heavy atom. The van der Waals surface area contributed by atoms with Gasteiger partial charge in [0.05, 0.1) is 6.61 Å². The molecule has 1 saturated heterocycles. The summed E-state index contributed by atoms with van der Waals surface area (Å²) in [6, 6.07) is 7.15. The first kappa shape index (κ1) is 16.4. The summed E-state index contributed by atoms with van der Waals surface area (Å²) in [6.07, 6.45) is 1.00. The SMILES string of the molecule is CC[C@H](CO)N1CCN(C[C@@H](C)c2ccc(F)cc2)CC1. The van der Waals surface area contributed by atoms with Gasteiger partial charge in [0.1, 0.15) is 5.82 Å². The number of aliphatic hydroxyl groups is 1. The summed E-state index contributed by atoms with van der Waals surface area (Å²) < 4.78 is 13.0. The summed E-state index contributed by atoms with van der Waals surface area (Å²) in [4.78, 5) is 4.85. The van der Waals surface area contributed by atoms with Crippen LogP contribution < -0.4 is 0 Å². The van der Waals surface area contributed by atoms with Crippen molar-refractivity contribution in [3.63, 3.8) is 0 Å². The molecule has 0 saturated carbocycles. The molecule has 2 atom stereocenters. The largest absolute Gasteiger partial charge is 0.395 e. The molecule has 1 fully saturated rings. The van der Waals surface area contributed by atoms with E-state index in [9.17, 15) is 9.50 Å². The molecule has 1 aliphatic heterocycles. The van der Waals surface area contributed by atoms with Crippen molar-refractivity contribution in [1.29, 1.82) is 0 Å². The van der Waals surface area contributed by atoms with Crippen molar-refractivity contribution >= 4 is 0 Å². The smallest absolute Gasteiger partial charge is 0.123 e. The molecular weight excluding hydrogens is 267 g/mol. The van der Waals surface area contributed by atoms with Crippen molar-refractivity contribution < 1.29 is 9.50 Å². The number of benzene rings is 1. The third kappa shape index (κ3) is 4.50. The van der Waals surface area contributed by atoms with E-state index in [-0.39, 0.29) is 12.4 Å². The average Bonchev–Trinajstić information content (AvgIpc) is 2.51. The molecule has 0 bridgehead atoms. The van der Waals surface area contributed by atoms with Crippen molar-refractivity contribution in [2.24, 2.45) is 0 Å². The Morgan fingerprint density at radius 2 is 1.76 bits per heavy atom. The summed E-state index contributed by atoms with van der Waals surface area (Å²) in [7, 11) is 0. The molecule has 0 aromatic heterocycles. The molecule has 0 spiro atoms. The van der Waals surface area contributed by atoms with Gasteiger partial charge in [-0.3, -0.25) is 4.90 Å².